The standard InChI is InChI=1S/C11H16N2O3/c1-8(2)16-9-4-3-5-12-10(9)11(15)13-6-7-14/h3-5,8,14H,6-7H2,1-2H3,(H,13,15). The van der Waals surface area contributed by atoms with Crippen LogP contribution in [0.3, 0.4) is 0 Å². The summed E-state index contributed by atoms with van der Waals surface area (Å²) in [6, 6.07) is 3.40. The molecule has 16 heavy (non-hydrogen) atoms. The first-order valence-electron chi connectivity index (χ1n) is 5.16. The maximum Gasteiger partial charge on any atom is 0.273 e. The topological polar surface area (TPSA) is 71.5 Å². The lowest BCUT2D eigenvalue weighted by molar-refractivity contribution is 0.0933. The van der Waals surface area contributed by atoms with Crippen molar-refractivity contribution in [3.8, 4) is 5.75 Å². The molecule has 1 aromatic rings. The molecule has 0 aromatic carbocycles. The number of carbonyl (C=O) groups excluding carboxylic acids is 1. The van der Waals surface area contributed by atoms with Crippen LogP contribution >= 0.6 is 0 Å². The molecule has 1 rings (SSSR count). The van der Waals surface area contributed by atoms with Gasteiger partial charge in [-0.2, -0.15) is 0 Å². The molecule has 0 fully saturated rings. The van der Waals surface area contributed by atoms with E-state index < -0.39 is 0 Å². The lowest BCUT2D eigenvalue weighted by atomic mass is 10.3. The zero-order chi connectivity index (χ0) is 12.0. The van der Waals surface area contributed by atoms with E-state index in [1.807, 2.05) is 13.8 Å². The number of aliphatic hydroxyl groups is 1. The predicted octanol–water partition coefficient (Wildman–Crippen LogP) is 0.591. The molecule has 5 nitrogen and oxygen atoms in total. The highest BCUT2D eigenvalue weighted by Crippen LogP contribution is 2.16. The summed E-state index contributed by atoms with van der Waals surface area (Å²) in [5.74, 6) is 0.109. The van der Waals surface area contributed by atoms with Gasteiger partial charge in [0, 0.05) is 12.7 Å². The molecule has 0 atom stereocenters. The molecule has 0 bridgehead atoms. The Morgan fingerprint density at radius 3 is 3.00 bits per heavy atom. The molecule has 0 aliphatic heterocycles. The van der Waals surface area contributed by atoms with Crippen molar-refractivity contribution in [2.75, 3.05) is 13.2 Å². The van der Waals surface area contributed by atoms with E-state index in [0.717, 1.165) is 0 Å². The number of pyridine rings is 1. The van der Waals surface area contributed by atoms with E-state index in [2.05, 4.69) is 10.3 Å². The van der Waals surface area contributed by atoms with Crippen LogP contribution in [0.4, 0.5) is 0 Å². The zero-order valence-electron chi connectivity index (χ0n) is 9.43. The Morgan fingerprint density at radius 2 is 2.38 bits per heavy atom. The van der Waals surface area contributed by atoms with Gasteiger partial charge < -0.3 is 15.2 Å². The van der Waals surface area contributed by atoms with Crippen LogP contribution in [0.1, 0.15) is 24.3 Å². The Morgan fingerprint density at radius 1 is 1.62 bits per heavy atom. The van der Waals surface area contributed by atoms with Crippen LogP contribution < -0.4 is 10.1 Å². The largest absolute Gasteiger partial charge is 0.489 e. The summed E-state index contributed by atoms with van der Waals surface area (Å²) in [7, 11) is 0. The summed E-state index contributed by atoms with van der Waals surface area (Å²) in [6.45, 7) is 3.86. The Kier molecular flexibility index (Phi) is 4.72. The molecule has 0 radical (unpaired) electrons. The van der Waals surface area contributed by atoms with Crippen LogP contribution in [0, 0.1) is 0 Å². The fourth-order valence-electron chi connectivity index (χ4n) is 1.16. The molecule has 1 amide bonds. The van der Waals surface area contributed by atoms with Crippen molar-refractivity contribution in [3.05, 3.63) is 24.0 Å². The molecular formula is C11H16N2O3. The second-order valence-corrected chi connectivity index (χ2v) is 3.50. The van der Waals surface area contributed by atoms with Gasteiger partial charge >= 0.3 is 0 Å². The van der Waals surface area contributed by atoms with E-state index in [4.69, 9.17) is 9.84 Å². The number of aliphatic hydroxyl groups excluding tert-OH is 1. The second kappa shape index (κ2) is 6.07. The average Bonchev–Trinajstić information content (AvgIpc) is 2.26. The SMILES string of the molecule is CC(C)Oc1cccnc1C(=O)NCCO. The molecule has 2 N–H and O–H groups in total. The van der Waals surface area contributed by atoms with Gasteiger partial charge in [0.05, 0.1) is 12.7 Å². The predicted molar refractivity (Wildman–Crippen MR) is 59.4 cm³/mol. The fourth-order valence-corrected chi connectivity index (χ4v) is 1.16. The number of ether oxygens (including phenoxy) is 1. The number of amides is 1. The number of rotatable bonds is 5. The zero-order valence-corrected chi connectivity index (χ0v) is 9.43. The Hall–Kier alpha value is -1.62. The van der Waals surface area contributed by atoms with Crippen molar-refractivity contribution in [3.63, 3.8) is 0 Å². The molecule has 0 aliphatic rings. The number of nitrogens with one attached hydrogen (secondary N) is 1. The quantitative estimate of drug-likeness (QED) is 0.768. The third kappa shape index (κ3) is 3.51. The first kappa shape index (κ1) is 12.4. The third-order valence-corrected chi connectivity index (χ3v) is 1.75. The van der Waals surface area contributed by atoms with Crippen molar-refractivity contribution < 1.29 is 14.6 Å². The van der Waals surface area contributed by atoms with Crippen LogP contribution in [0.2, 0.25) is 0 Å². The van der Waals surface area contributed by atoms with Crippen LogP contribution in [0.5, 0.6) is 5.75 Å². The van der Waals surface area contributed by atoms with Crippen molar-refractivity contribution in [1.82, 2.24) is 10.3 Å². The van der Waals surface area contributed by atoms with E-state index in [1.54, 1.807) is 12.1 Å². The van der Waals surface area contributed by atoms with Gasteiger partial charge in [-0.1, -0.05) is 0 Å². The first-order valence-corrected chi connectivity index (χ1v) is 5.16. The van der Waals surface area contributed by atoms with Gasteiger partial charge in [-0.25, -0.2) is 4.98 Å². The van der Waals surface area contributed by atoms with Gasteiger partial charge in [0.1, 0.15) is 0 Å². The van der Waals surface area contributed by atoms with Crippen LogP contribution in [0.15, 0.2) is 18.3 Å². The van der Waals surface area contributed by atoms with E-state index in [1.165, 1.54) is 6.20 Å². The number of carbonyl (C=O) groups is 1. The number of hydrogen-bond acceptors (Lipinski definition) is 4. The van der Waals surface area contributed by atoms with E-state index >= 15 is 0 Å². The minimum Gasteiger partial charge on any atom is -0.489 e. The molecule has 0 aliphatic carbocycles. The second-order valence-electron chi connectivity index (χ2n) is 3.50. The normalized spacial score (nSPS) is 10.2. The molecule has 88 valence electrons. The third-order valence-electron chi connectivity index (χ3n) is 1.75. The lowest BCUT2D eigenvalue weighted by Gasteiger charge is -2.12. The summed E-state index contributed by atoms with van der Waals surface area (Å²) in [6.07, 6.45) is 1.51. The van der Waals surface area contributed by atoms with E-state index in [-0.39, 0.29) is 30.9 Å². The van der Waals surface area contributed by atoms with Gasteiger partial charge in [0.25, 0.3) is 5.91 Å². The van der Waals surface area contributed by atoms with E-state index in [9.17, 15) is 4.79 Å². The Labute approximate surface area is 94.5 Å². The molecule has 0 spiro atoms. The number of hydrogen-bond donors (Lipinski definition) is 2. The van der Waals surface area contributed by atoms with Crippen molar-refractivity contribution in [2.45, 2.75) is 20.0 Å². The summed E-state index contributed by atoms with van der Waals surface area (Å²) in [5, 5.41) is 11.1. The Bertz CT molecular complexity index is 353. The number of aromatic nitrogens is 1. The van der Waals surface area contributed by atoms with Crippen molar-refractivity contribution in [1.29, 1.82) is 0 Å². The monoisotopic (exact) mass is 224 g/mol. The van der Waals surface area contributed by atoms with Gasteiger partial charge in [-0.15, -0.1) is 0 Å². The summed E-state index contributed by atoms with van der Waals surface area (Å²) >= 11 is 0. The highest BCUT2D eigenvalue weighted by atomic mass is 16.5. The van der Waals surface area contributed by atoms with Gasteiger partial charge in [-0.3, -0.25) is 4.79 Å². The highest BCUT2D eigenvalue weighted by molar-refractivity contribution is 5.94. The molecular weight excluding hydrogens is 208 g/mol. The number of nitrogens with zero attached hydrogens (tertiary/aromatic N) is 1. The van der Waals surface area contributed by atoms with Gasteiger partial charge in [0.15, 0.2) is 11.4 Å². The maximum atomic E-state index is 11.6. The first-order chi connectivity index (χ1) is 7.65. The highest BCUT2D eigenvalue weighted by Gasteiger charge is 2.13. The Balaban J connectivity index is 2.81. The van der Waals surface area contributed by atoms with E-state index in [0.29, 0.717) is 5.75 Å². The molecule has 1 aromatic heterocycles. The summed E-state index contributed by atoms with van der Waals surface area (Å²) in [4.78, 5) is 15.6. The summed E-state index contributed by atoms with van der Waals surface area (Å²) < 4.78 is 5.46. The molecule has 5 heteroatoms. The van der Waals surface area contributed by atoms with Crippen LogP contribution in [0.25, 0.3) is 0 Å². The molecule has 0 unspecified atom stereocenters. The van der Waals surface area contributed by atoms with Crippen LogP contribution in [-0.2, 0) is 0 Å². The molecule has 1 heterocycles. The van der Waals surface area contributed by atoms with Gasteiger partial charge in [-0.05, 0) is 26.0 Å². The van der Waals surface area contributed by atoms with Crippen molar-refractivity contribution >= 4 is 5.91 Å². The minimum atomic E-state index is -0.342. The summed E-state index contributed by atoms with van der Waals surface area (Å²) in [5.41, 5.74) is 0.240. The average molecular weight is 224 g/mol. The lowest BCUT2D eigenvalue weighted by Crippen LogP contribution is -2.28. The van der Waals surface area contributed by atoms with Crippen LogP contribution in [-0.4, -0.2) is 35.3 Å². The fraction of sp³-hybridized carbons (Fsp3) is 0.455. The molecule has 0 saturated heterocycles. The minimum absolute atomic E-state index is 0.0198. The van der Waals surface area contributed by atoms with Gasteiger partial charge in [0.2, 0.25) is 0 Å². The molecule has 0 saturated carbocycles. The smallest absolute Gasteiger partial charge is 0.273 e. The maximum absolute atomic E-state index is 11.6. The van der Waals surface area contributed by atoms with Crippen molar-refractivity contribution in [2.24, 2.45) is 0 Å².